The van der Waals surface area contributed by atoms with E-state index in [4.69, 9.17) is 55.9 Å². The highest BCUT2D eigenvalue weighted by molar-refractivity contribution is 7.99. The van der Waals surface area contributed by atoms with Gasteiger partial charge in [0.2, 0.25) is 5.91 Å². The molecule has 15 heteroatoms. The Morgan fingerprint density at radius 3 is 1.90 bits per heavy atom. The first-order valence-corrected chi connectivity index (χ1v) is 13.9. The fraction of sp³-hybridized carbons (Fsp3) is 0.370. The van der Waals surface area contributed by atoms with Crippen LogP contribution in [0.4, 0.5) is 0 Å². The van der Waals surface area contributed by atoms with Crippen LogP contribution < -0.4 is 10.6 Å². The van der Waals surface area contributed by atoms with Crippen molar-refractivity contribution in [3.8, 4) is 0 Å². The molecule has 6 N–H and O–H groups in total. The average molecular weight is 628 g/mol. The van der Waals surface area contributed by atoms with E-state index in [2.05, 4.69) is 46.7 Å². The number of aliphatic carboxylic acids is 4. The molecule has 3 rings (SSSR count). The van der Waals surface area contributed by atoms with E-state index < -0.39 is 23.9 Å². The number of morpholine rings is 1. The van der Waals surface area contributed by atoms with Crippen molar-refractivity contribution < 1.29 is 49.1 Å². The molecule has 0 spiro atoms. The van der Waals surface area contributed by atoms with Gasteiger partial charge in [-0.25, -0.2) is 19.2 Å². The Bertz CT molecular complexity index is 1110. The van der Waals surface area contributed by atoms with E-state index in [0.29, 0.717) is 13.1 Å². The van der Waals surface area contributed by atoms with Gasteiger partial charge in [0.1, 0.15) is 0 Å². The summed E-state index contributed by atoms with van der Waals surface area (Å²) in [6, 6.07) is 16.4. The Balaban J connectivity index is 0.000000618. The summed E-state index contributed by atoms with van der Waals surface area (Å²) in [7, 11) is 0. The number of carbonyl (C=O) groups excluding carboxylic acids is 1. The molecule has 1 saturated heterocycles. The number of ether oxygens (including phenoxy) is 1. The van der Waals surface area contributed by atoms with E-state index in [9.17, 15) is 4.79 Å². The van der Waals surface area contributed by atoms with Crippen molar-refractivity contribution >= 4 is 53.1 Å². The van der Waals surface area contributed by atoms with Gasteiger partial charge >= 0.3 is 23.9 Å². The van der Waals surface area contributed by atoms with Gasteiger partial charge in [-0.05, 0) is 36.8 Å². The number of aryl methyl sites for hydroxylation is 1. The van der Waals surface area contributed by atoms with E-state index in [0.717, 1.165) is 48.5 Å². The van der Waals surface area contributed by atoms with Gasteiger partial charge in [0, 0.05) is 47.9 Å². The van der Waals surface area contributed by atoms with Crippen molar-refractivity contribution in [1.29, 1.82) is 0 Å². The Labute approximate surface area is 251 Å². The van der Waals surface area contributed by atoms with Crippen molar-refractivity contribution in [2.24, 2.45) is 0 Å². The molecule has 0 radical (unpaired) electrons. The van der Waals surface area contributed by atoms with Crippen LogP contribution in [0.2, 0.25) is 5.02 Å². The Morgan fingerprint density at radius 1 is 0.881 bits per heavy atom. The van der Waals surface area contributed by atoms with E-state index in [-0.39, 0.29) is 11.9 Å². The van der Waals surface area contributed by atoms with Gasteiger partial charge in [-0.3, -0.25) is 9.69 Å². The molecule has 0 aliphatic carbocycles. The molecule has 0 bridgehead atoms. The molecule has 13 nitrogen and oxygen atoms in total. The van der Waals surface area contributed by atoms with E-state index in [1.165, 1.54) is 11.1 Å². The van der Waals surface area contributed by atoms with Crippen molar-refractivity contribution in [3.63, 3.8) is 0 Å². The van der Waals surface area contributed by atoms with Gasteiger partial charge in [0.25, 0.3) is 0 Å². The lowest BCUT2D eigenvalue weighted by molar-refractivity contribution is -0.159. The molecule has 1 atom stereocenters. The molecule has 230 valence electrons. The average Bonchev–Trinajstić information content (AvgIpc) is 2.96. The predicted octanol–water partition coefficient (Wildman–Crippen LogP) is 1.83. The second-order valence-corrected chi connectivity index (χ2v) is 10.2. The number of benzene rings is 2. The third-order valence-electron chi connectivity index (χ3n) is 5.41. The van der Waals surface area contributed by atoms with Gasteiger partial charge in [-0.15, -0.1) is 11.8 Å². The summed E-state index contributed by atoms with van der Waals surface area (Å²) in [5.74, 6) is -6.46. The minimum Gasteiger partial charge on any atom is -0.473 e. The lowest BCUT2D eigenvalue weighted by atomic mass is 10.0. The smallest absolute Gasteiger partial charge is 0.414 e. The predicted molar refractivity (Wildman–Crippen MR) is 155 cm³/mol. The van der Waals surface area contributed by atoms with Crippen LogP contribution in [-0.2, 0) is 28.7 Å². The fourth-order valence-corrected chi connectivity index (χ4v) is 4.19. The van der Waals surface area contributed by atoms with E-state index >= 15 is 0 Å². The van der Waals surface area contributed by atoms with E-state index in [1.807, 2.05) is 24.3 Å². The monoisotopic (exact) mass is 627 g/mol. The van der Waals surface area contributed by atoms with Crippen LogP contribution in [0.1, 0.15) is 17.2 Å². The number of carbonyl (C=O) groups is 5. The summed E-state index contributed by atoms with van der Waals surface area (Å²) >= 11 is 7.61. The molecule has 1 unspecified atom stereocenters. The summed E-state index contributed by atoms with van der Waals surface area (Å²) in [4.78, 5) is 52.3. The van der Waals surface area contributed by atoms with Gasteiger partial charge in [0.15, 0.2) is 0 Å². The number of amides is 1. The second-order valence-electron chi connectivity index (χ2n) is 8.63. The van der Waals surface area contributed by atoms with Crippen molar-refractivity contribution in [3.05, 3.63) is 64.7 Å². The molecule has 0 aromatic heterocycles. The van der Waals surface area contributed by atoms with Crippen molar-refractivity contribution in [2.75, 3.05) is 51.7 Å². The van der Waals surface area contributed by atoms with Crippen LogP contribution >= 0.6 is 23.4 Å². The fourth-order valence-electron chi connectivity index (χ4n) is 3.30. The Morgan fingerprint density at radius 2 is 1.40 bits per heavy atom. The zero-order chi connectivity index (χ0) is 31.5. The second kappa shape index (κ2) is 20.2. The quantitative estimate of drug-likeness (QED) is 0.127. The summed E-state index contributed by atoms with van der Waals surface area (Å²) in [5.41, 5.74) is 2.44. The lowest BCUT2D eigenvalue weighted by Gasteiger charge is -2.31. The van der Waals surface area contributed by atoms with Gasteiger partial charge in [0.05, 0.1) is 19.8 Å². The third kappa shape index (κ3) is 16.5. The number of carboxylic acids is 4. The number of nitrogens with one attached hydrogen (secondary N) is 2. The molecule has 2 aromatic carbocycles. The Hall–Kier alpha value is -3.69. The molecule has 1 fully saturated rings. The molecule has 1 aliphatic rings. The number of rotatable bonds is 10. The minimum atomic E-state index is -1.82. The Kier molecular flexibility index (Phi) is 17.5. The van der Waals surface area contributed by atoms with Gasteiger partial charge < -0.3 is 35.8 Å². The first kappa shape index (κ1) is 36.3. The number of carboxylic acid groups (broad SMARTS) is 4. The van der Waals surface area contributed by atoms with Crippen LogP contribution in [0, 0.1) is 6.92 Å². The molecule has 1 amide bonds. The van der Waals surface area contributed by atoms with Crippen molar-refractivity contribution in [1.82, 2.24) is 15.5 Å². The van der Waals surface area contributed by atoms with Crippen LogP contribution in [0.25, 0.3) is 0 Å². The maximum atomic E-state index is 12.3. The summed E-state index contributed by atoms with van der Waals surface area (Å²) < 4.78 is 5.46. The molecular formula is C27H34ClN3O10S. The van der Waals surface area contributed by atoms with Crippen LogP contribution in [0.5, 0.6) is 0 Å². The van der Waals surface area contributed by atoms with Crippen molar-refractivity contribution in [2.45, 2.75) is 17.9 Å². The number of halogens is 1. The van der Waals surface area contributed by atoms with Crippen LogP contribution in [0.3, 0.4) is 0 Å². The highest BCUT2D eigenvalue weighted by Crippen LogP contribution is 2.20. The molecule has 42 heavy (non-hydrogen) atoms. The maximum absolute atomic E-state index is 12.3. The molecule has 2 aromatic rings. The first-order chi connectivity index (χ1) is 19.9. The zero-order valence-corrected chi connectivity index (χ0v) is 24.4. The molecule has 1 aliphatic heterocycles. The lowest BCUT2D eigenvalue weighted by Crippen LogP contribution is -2.44. The largest absolute Gasteiger partial charge is 0.473 e. The number of hydrogen-bond donors (Lipinski definition) is 6. The summed E-state index contributed by atoms with van der Waals surface area (Å²) in [6.07, 6.45) is 0. The number of thioether (sulfide) groups is 1. The molecule has 1 heterocycles. The summed E-state index contributed by atoms with van der Waals surface area (Å²) in [6.45, 7) is 7.28. The molecular weight excluding hydrogens is 594 g/mol. The van der Waals surface area contributed by atoms with E-state index in [1.54, 1.807) is 11.8 Å². The first-order valence-electron chi connectivity index (χ1n) is 12.6. The highest BCUT2D eigenvalue weighted by atomic mass is 35.5. The third-order valence-corrected chi connectivity index (χ3v) is 6.67. The standard InChI is InChI=1S/C23H30ClN3O2S.2C2H2O4/c1-18-2-4-19(5-3-18)22(17-27-11-13-29-14-12-27)26-16-23(28)25-10-15-30-21-8-6-20(24)7-9-21;2*3-1(4)2(5)6/h2-9,22,26H,10-17H2,1H3,(H,25,28);2*(H,3,4)(H,5,6). The number of hydrogen-bond acceptors (Lipinski definition) is 9. The maximum Gasteiger partial charge on any atom is 0.414 e. The van der Waals surface area contributed by atoms with Crippen LogP contribution in [0.15, 0.2) is 53.4 Å². The van der Waals surface area contributed by atoms with Crippen LogP contribution in [-0.4, -0.2) is 107 Å². The highest BCUT2D eigenvalue weighted by Gasteiger charge is 2.19. The van der Waals surface area contributed by atoms with Gasteiger partial charge in [-0.2, -0.15) is 0 Å². The number of nitrogens with zero attached hydrogens (tertiary/aromatic N) is 1. The summed E-state index contributed by atoms with van der Waals surface area (Å²) in [5, 5.41) is 36.8. The normalized spacial score (nSPS) is 13.3. The molecule has 0 saturated carbocycles. The topological polar surface area (TPSA) is 203 Å². The SMILES string of the molecule is Cc1ccc(C(CN2CCOCC2)NCC(=O)NCCSc2ccc(Cl)cc2)cc1.O=C(O)C(=O)O.O=C(O)C(=O)O. The minimum absolute atomic E-state index is 0.0193. The zero-order valence-electron chi connectivity index (χ0n) is 22.8. The van der Waals surface area contributed by atoms with Gasteiger partial charge in [-0.1, -0.05) is 41.4 Å².